The van der Waals surface area contributed by atoms with Crippen LogP contribution in [-0.2, 0) is 14.8 Å². The second-order valence-corrected chi connectivity index (χ2v) is 8.96. The number of hydrogen-bond acceptors (Lipinski definition) is 3. The Hall–Kier alpha value is -0.910. The van der Waals surface area contributed by atoms with Gasteiger partial charge in [-0.05, 0) is 44.7 Å². The first-order valence-corrected chi connectivity index (χ1v) is 10.1. The number of rotatable bonds is 3. The summed E-state index contributed by atoms with van der Waals surface area (Å²) in [4.78, 5) is 0.389. The summed E-state index contributed by atoms with van der Waals surface area (Å²) in [6.45, 7) is 4.88. The van der Waals surface area contributed by atoms with Crippen molar-refractivity contribution >= 4 is 10.0 Å². The first-order valence-electron chi connectivity index (χ1n) is 8.69. The van der Waals surface area contributed by atoms with Crippen LogP contribution in [0.15, 0.2) is 29.2 Å². The molecule has 0 spiro atoms. The molecule has 0 unspecified atom stereocenters. The van der Waals surface area contributed by atoms with E-state index >= 15 is 0 Å². The highest BCUT2D eigenvalue weighted by atomic mass is 32.2. The standard InChI is InChI=1S/C18H27NO3S/c1-14-8-10-17(11-9-14)23(20,21)19-12-15(2)22-18(13-19)16-6-4-3-5-7-16/h8-11,15-16,18H,3-7,12-13H2,1-2H3/t15-,18-/m1/s1. The van der Waals surface area contributed by atoms with Gasteiger partial charge in [-0.1, -0.05) is 37.0 Å². The number of nitrogens with zero attached hydrogens (tertiary/aromatic N) is 1. The molecule has 2 aliphatic rings. The van der Waals surface area contributed by atoms with Gasteiger partial charge in [-0.3, -0.25) is 0 Å². The van der Waals surface area contributed by atoms with E-state index in [1.54, 1.807) is 16.4 Å². The van der Waals surface area contributed by atoms with Gasteiger partial charge in [0.1, 0.15) is 0 Å². The van der Waals surface area contributed by atoms with Crippen LogP contribution in [0.1, 0.15) is 44.6 Å². The van der Waals surface area contributed by atoms with E-state index in [1.165, 1.54) is 19.3 Å². The summed E-state index contributed by atoms with van der Waals surface area (Å²) in [5.74, 6) is 0.502. The van der Waals surface area contributed by atoms with Gasteiger partial charge in [0.15, 0.2) is 0 Å². The van der Waals surface area contributed by atoms with E-state index < -0.39 is 10.0 Å². The molecule has 3 rings (SSSR count). The van der Waals surface area contributed by atoms with Crippen LogP contribution in [-0.4, -0.2) is 38.0 Å². The Morgan fingerprint density at radius 1 is 1.04 bits per heavy atom. The van der Waals surface area contributed by atoms with Gasteiger partial charge in [-0.15, -0.1) is 0 Å². The summed E-state index contributed by atoms with van der Waals surface area (Å²) < 4.78 is 33.6. The molecule has 0 radical (unpaired) electrons. The number of aryl methyl sites for hydroxylation is 1. The molecule has 1 saturated carbocycles. The molecular weight excluding hydrogens is 310 g/mol. The zero-order valence-electron chi connectivity index (χ0n) is 14.1. The van der Waals surface area contributed by atoms with Crippen molar-refractivity contribution < 1.29 is 13.2 Å². The molecule has 5 heteroatoms. The quantitative estimate of drug-likeness (QED) is 0.850. The zero-order chi connectivity index (χ0) is 16.4. The smallest absolute Gasteiger partial charge is 0.243 e. The van der Waals surface area contributed by atoms with Crippen LogP contribution in [0, 0.1) is 12.8 Å². The minimum Gasteiger partial charge on any atom is -0.372 e. The molecule has 0 bridgehead atoms. The molecule has 1 aromatic carbocycles. The third kappa shape index (κ3) is 3.78. The van der Waals surface area contributed by atoms with Gasteiger partial charge < -0.3 is 4.74 Å². The van der Waals surface area contributed by atoms with E-state index in [9.17, 15) is 8.42 Å². The van der Waals surface area contributed by atoms with Crippen molar-refractivity contribution in [3.8, 4) is 0 Å². The van der Waals surface area contributed by atoms with Gasteiger partial charge >= 0.3 is 0 Å². The average Bonchev–Trinajstić information content (AvgIpc) is 2.55. The summed E-state index contributed by atoms with van der Waals surface area (Å²) in [5.41, 5.74) is 1.07. The van der Waals surface area contributed by atoms with Crippen LogP contribution in [0.25, 0.3) is 0 Å². The minimum atomic E-state index is -3.43. The number of hydrogen-bond donors (Lipinski definition) is 0. The lowest BCUT2D eigenvalue weighted by Crippen LogP contribution is -2.51. The maximum absolute atomic E-state index is 12.9. The van der Waals surface area contributed by atoms with E-state index in [2.05, 4.69) is 0 Å². The second kappa shape index (κ2) is 6.91. The van der Waals surface area contributed by atoms with Crippen LogP contribution in [0.4, 0.5) is 0 Å². The van der Waals surface area contributed by atoms with Gasteiger partial charge in [-0.25, -0.2) is 8.42 Å². The molecule has 2 fully saturated rings. The minimum absolute atomic E-state index is 0.0410. The van der Waals surface area contributed by atoms with E-state index in [0.29, 0.717) is 23.9 Å². The van der Waals surface area contributed by atoms with Crippen molar-refractivity contribution in [2.24, 2.45) is 5.92 Å². The van der Waals surface area contributed by atoms with Crippen molar-refractivity contribution in [1.29, 1.82) is 0 Å². The lowest BCUT2D eigenvalue weighted by molar-refractivity contribution is -0.0868. The molecule has 1 aliphatic carbocycles. The predicted octanol–water partition coefficient (Wildman–Crippen LogP) is 3.35. The highest BCUT2D eigenvalue weighted by Crippen LogP contribution is 2.32. The second-order valence-electron chi connectivity index (χ2n) is 7.02. The predicted molar refractivity (Wildman–Crippen MR) is 90.8 cm³/mol. The third-order valence-corrected chi connectivity index (χ3v) is 6.93. The number of ether oxygens (including phenoxy) is 1. The van der Waals surface area contributed by atoms with Gasteiger partial charge in [-0.2, -0.15) is 4.31 Å². The van der Waals surface area contributed by atoms with Gasteiger partial charge in [0, 0.05) is 13.1 Å². The van der Waals surface area contributed by atoms with Crippen molar-refractivity contribution in [1.82, 2.24) is 4.31 Å². The number of benzene rings is 1. The Morgan fingerprint density at radius 2 is 1.70 bits per heavy atom. The Morgan fingerprint density at radius 3 is 2.35 bits per heavy atom. The molecule has 0 aromatic heterocycles. The van der Waals surface area contributed by atoms with Crippen LogP contribution in [0.5, 0.6) is 0 Å². The highest BCUT2D eigenvalue weighted by molar-refractivity contribution is 7.89. The lowest BCUT2D eigenvalue weighted by Gasteiger charge is -2.40. The molecule has 0 amide bonds. The molecule has 23 heavy (non-hydrogen) atoms. The summed E-state index contributed by atoms with van der Waals surface area (Å²) in [6.07, 6.45) is 6.10. The average molecular weight is 337 g/mol. The first-order chi connectivity index (χ1) is 11.0. The van der Waals surface area contributed by atoms with Crippen LogP contribution >= 0.6 is 0 Å². The molecule has 1 aliphatic heterocycles. The third-order valence-electron chi connectivity index (χ3n) is 5.09. The van der Waals surface area contributed by atoms with Gasteiger partial charge in [0.05, 0.1) is 17.1 Å². The molecule has 4 nitrogen and oxygen atoms in total. The summed E-state index contributed by atoms with van der Waals surface area (Å²) in [5, 5.41) is 0. The van der Waals surface area contributed by atoms with Crippen molar-refractivity contribution in [3.05, 3.63) is 29.8 Å². The van der Waals surface area contributed by atoms with Gasteiger partial charge in [0.25, 0.3) is 0 Å². The highest BCUT2D eigenvalue weighted by Gasteiger charge is 2.37. The number of sulfonamides is 1. The molecule has 2 atom stereocenters. The van der Waals surface area contributed by atoms with E-state index in [0.717, 1.165) is 18.4 Å². The summed E-state index contributed by atoms with van der Waals surface area (Å²) in [6, 6.07) is 7.13. The van der Waals surface area contributed by atoms with Crippen LogP contribution in [0.2, 0.25) is 0 Å². The molecule has 1 aromatic rings. The Labute approximate surface area is 139 Å². The van der Waals surface area contributed by atoms with Crippen molar-refractivity contribution in [2.45, 2.75) is 63.1 Å². The fourth-order valence-electron chi connectivity index (χ4n) is 3.77. The topological polar surface area (TPSA) is 46.6 Å². The largest absolute Gasteiger partial charge is 0.372 e. The SMILES string of the molecule is Cc1ccc(S(=O)(=O)N2C[C@@H](C)O[C@@H](C3CCCCC3)C2)cc1. The lowest BCUT2D eigenvalue weighted by atomic mass is 9.84. The Kier molecular flexibility index (Phi) is 5.09. The summed E-state index contributed by atoms with van der Waals surface area (Å²) >= 11 is 0. The summed E-state index contributed by atoms with van der Waals surface area (Å²) in [7, 11) is -3.43. The molecule has 1 saturated heterocycles. The van der Waals surface area contributed by atoms with Crippen LogP contribution in [0.3, 0.4) is 0 Å². The Balaban J connectivity index is 1.79. The maximum atomic E-state index is 12.9. The van der Waals surface area contributed by atoms with E-state index in [4.69, 9.17) is 4.74 Å². The fraction of sp³-hybridized carbons (Fsp3) is 0.667. The molecule has 128 valence electrons. The number of morpholine rings is 1. The van der Waals surface area contributed by atoms with Gasteiger partial charge in [0.2, 0.25) is 10.0 Å². The van der Waals surface area contributed by atoms with Crippen molar-refractivity contribution in [2.75, 3.05) is 13.1 Å². The maximum Gasteiger partial charge on any atom is 0.243 e. The Bertz CT molecular complexity index is 620. The molecule has 0 N–H and O–H groups in total. The van der Waals surface area contributed by atoms with Crippen LogP contribution < -0.4 is 0 Å². The monoisotopic (exact) mass is 337 g/mol. The van der Waals surface area contributed by atoms with E-state index in [-0.39, 0.29) is 12.2 Å². The molecule has 1 heterocycles. The van der Waals surface area contributed by atoms with E-state index in [1.807, 2.05) is 26.0 Å². The fourth-order valence-corrected chi connectivity index (χ4v) is 5.30. The van der Waals surface area contributed by atoms with Crippen molar-refractivity contribution in [3.63, 3.8) is 0 Å². The normalized spacial score (nSPS) is 27.9. The molecular formula is C18H27NO3S. The zero-order valence-corrected chi connectivity index (χ0v) is 14.9. The first kappa shape index (κ1) is 16.9.